The third-order valence-corrected chi connectivity index (χ3v) is 8.93. The topological polar surface area (TPSA) is 84.5 Å². The highest BCUT2D eigenvalue weighted by Crippen LogP contribution is 2.40. The van der Waals surface area contributed by atoms with Crippen molar-refractivity contribution in [2.75, 3.05) is 17.7 Å². The summed E-state index contributed by atoms with van der Waals surface area (Å²) < 4.78 is 5.10. The summed E-state index contributed by atoms with van der Waals surface area (Å²) in [5.74, 6) is -1.12. The Kier molecular flexibility index (Phi) is 9.61. The predicted molar refractivity (Wildman–Crippen MR) is 175 cm³/mol. The number of carbonyl (C=O) groups is 3. The van der Waals surface area contributed by atoms with Gasteiger partial charge in [0.25, 0.3) is 5.91 Å². The first-order valence-corrected chi connectivity index (χ1v) is 15.4. The Hall–Kier alpha value is -4.37. The van der Waals surface area contributed by atoms with Gasteiger partial charge >= 0.3 is 5.97 Å². The molecule has 1 aromatic heterocycles. The summed E-state index contributed by atoms with van der Waals surface area (Å²) >= 11 is 8.66. The summed E-state index contributed by atoms with van der Waals surface area (Å²) in [5.41, 5.74) is 4.77. The van der Waals surface area contributed by atoms with Crippen molar-refractivity contribution in [1.29, 1.82) is 0 Å². The summed E-state index contributed by atoms with van der Waals surface area (Å²) in [7, 11) is 1.32. The number of hydrogen-bond donors (Lipinski definition) is 2. The van der Waals surface area contributed by atoms with E-state index in [0.29, 0.717) is 32.4 Å². The molecule has 9 heteroatoms. The molecule has 0 radical (unpaired) electrons. The fourth-order valence-corrected chi connectivity index (χ4v) is 6.63. The molecule has 0 aliphatic heterocycles. The molecule has 0 aliphatic rings. The van der Waals surface area contributed by atoms with Gasteiger partial charge in [-0.05, 0) is 54.4 Å². The van der Waals surface area contributed by atoms with Gasteiger partial charge in [0.05, 0.1) is 7.11 Å². The van der Waals surface area contributed by atoms with Gasteiger partial charge in [-0.25, -0.2) is 4.79 Å². The number of hydrogen-bond acceptors (Lipinski definition) is 6. The summed E-state index contributed by atoms with van der Waals surface area (Å²) in [4.78, 5) is 40.4. The third-order valence-electron chi connectivity index (χ3n) is 6.55. The van der Waals surface area contributed by atoms with Crippen LogP contribution in [0.15, 0.2) is 113 Å². The molecule has 216 valence electrons. The maximum Gasteiger partial charge on any atom is 0.341 e. The SMILES string of the molecule is COC(=O)c1c(-c2ccc(C)cc2)csc1NC(=O)C(Sc1cccc(NC(=O)c2cccc(Cl)c2)c1)c1ccccc1. The van der Waals surface area contributed by atoms with Crippen LogP contribution >= 0.6 is 34.7 Å². The van der Waals surface area contributed by atoms with E-state index in [1.807, 2.05) is 85.1 Å². The fraction of sp³-hybridized carbons (Fsp3) is 0.0882. The second-order valence-electron chi connectivity index (χ2n) is 9.60. The smallest absolute Gasteiger partial charge is 0.341 e. The first kappa shape index (κ1) is 30.1. The molecule has 1 atom stereocenters. The number of thiophene rings is 1. The van der Waals surface area contributed by atoms with Crippen LogP contribution in [0, 0.1) is 6.92 Å². The Bertz CT molecular complexity index is 1770. The van der Waals surface area contributed by atoms with E-state index in [0.717, 1.165) is 21.6 Å². The summed E-state index contributed by atoms with van der Waals surface area (Å²) in [5, 5.41) is 7.97. The van der Waals surface area contributed by atoms with E-state index in [4.69, 9.17) is 16.3 Å². The standard InChI is InChI=1S/C34H27ClN2O4S2/c1-21-14-16-22(17-15-21)28-20-42-33(29(28)34(40)41-2)37-32(39)30(23-8-4-3-5-9-23)43-27-13-7-12-26(19-27)36-31(38)24-10-6-11-25(35)18-24/h3-20,30H,1-2H3,(H,36,38)(H,37,39). The van der Waals surface area contributed by atoms with Gasteiger partial charge in [0.15, 0.2) is 0 Å². The second-order valence-corrected chi connectivity index (χ2v) is 12.1. The Morgan fingerprint density at radius 2 is 1.60 bits per heavy atom. The lowest BCUT2D eigenvalue weighted by Crippen LogP contribution is -2.20. The number of esters is 1. The summed E-state index contributed by atoms with van der Waals surface area (Å²) in [6, 6.07) is 31.2. The van der Waals surface area contributed by atoms with Crippen LogP contribution in [-0.4, -0.2) is 24.9 Å². The molecule has 1 heterocycles. The first-order chi connectivity index (χ1) is 20.8. The molecule has 0 aliphatic carbocycles. The van der Waals surface area contributed by atoms with E-state index >= 15 is 0 Å². The molecule has 1 unspecified atom stereocenters. The van der Waals surface area contributed by atoms with Gasteiger partial charge in [0.1, 0.15) is 15.8 Å². The number of amides is 2. The van der Waals surface area contributed by atoms with Crippen molar-refractivity contribution in [2.24, 2.45) is 0 Å². The number of benzene rings is 4. The zero-order valence-corrected chi connectivity index (χ0v) is 25.7. The van der Waals surface area contributed by atoms with Crippen molar-refractivity contribution in [3.8, 4) is 11.1 Å². The molecule has 6 nitrogen and oxygen atoms in total. The fourth-order valence-electron chi connectivity index (χ4n) is 4.39. The zero-order chi connectivity index (χ0) is 30.3. The third kappa shape index (κ3) is 7.35. The lowest BCUT2D eigenvalue weighted by atomic mass is 10.0. The first-order valence-electron chi connectivity index (χ1n) is 13.3. The average Bonchev–Trinajstić information content (AvgIpc) is 3.43. The Morgan fingerprint density at radius 1 is 0.860 bits per heavy atom. The van der Waals surface area contributed by atoms with Crippen molar-refractivity contribution < 1.29 is 19.1 Å². The highest BCUT2D eigenvalue weighted by molar-refractivity contribution is 8.00. The Labute approximate surface area is 263 Å². The molecule has 0 fully saturated rings. The van der Waals surface area contributed by atoms with Crippen molar-refractivity contribution >= 4 is 63.2 Å². The number of nitrogens with one attached hydrogen (secondary N) is 2. The summed E-state index contributed by atoms with van der Waals surface area (Å²) in [6.45, 7) is 1.99. The molecule has 0 bridgehead atoms. The molecule has 4 aromatic carbocycles. The van der Waals surface area contributed by atoms with Crippen molar-refractivity contribution in [1.82, 2.24) is 0 Å². The molecule has 43 heavy (non-hydrogen) atoms. The van der Waals surface area contributed by atoms with Crippen LogP contribution in [0.3, 0.4) is 0 Å². The van der Waals surface area contributed by atoms with Crippen LogP contribution in [-0.2, 0) is 9.53 Å². The minimum absolute atomic E-state index is 0.292. The normalized spacial score (nSPS) is 11.4. The molecule has 0 saturated carbocycles. The maximum absolute atomic E-state index is 13.9. The maximum atomic E-state index is 13.9. The van der Waals surface area contributed by atoms with Crippen LogP contribution in [0.25, 0.3) is 11.1 Å². The number of halogens is 1. The van der Waals surface area contributed by atoms with E-state index in [2.05, 4.69) is 10.6 Å². The van der Waals surface area contributed by atoms with Gasteiger partial charge < -0.3 is 15.4 Å². The Balaban J connectivity index is 1.41. The largest absolute Gasteiger partial charge is 0.465 e. The lowest BCUT2D eigenvalue weighted by Gasteiger charge is -2.18. The molecule has 2 N–H and O–H groups in total. The molecule has 0 spiro atoms. The van der Waals surface area contributed by atoms with E-state index in [1.165, 1.54) is 30.2 Å². The number of anilines is 2. The number of thioether (sulfide) groups is 1. The minimum Gasteiger partial charge on any atom is -0.465 e. The van der Waals surface area contributed by atoms with Gasteiger partial charge in [0.2, 0.25) is 5.91 Å². The van der Waals surface area contributed by atoms with Crippen molar-refractivity contribution in [3.63, 3.8) is 0 Å². The van der Waals surface area contributed by atoms with E-state index < -0.39 is 11.2 Å². The number of carbonyl (C=O) groups excluding carboxylic acids is 3. The van der Waals surface area contributed by atoms with E-state index in [9.17, 15) is 14.4 Å². The van der Waals surface area contributed by atoms with Crippen LogP contribution < -0.4 is 10.6 Å². The molecule has 5 rings (SSSR count). The van der Waals surface area contributed by atoms with E-state index in [1.54, 1.807) is 30.3 Å². The highest BCUT2D eigenvalue weighted by atomic mass is 35.5. The van der Waals surface area contributed by atoms with Crippen molar-refractivity contribution in [3.05, 3.63) is 136 Å². The average molecular weight is 627 g/mol. The van der Waals surface area contributed by atoms with Gasteiger partial charge in [0, 0.05) is 32.1 Å². The van der Waals surface area contributed by atoms with Crippen molar-refractivity contribution in [2.45, 2.75) is 17.1 Å². The Morgan fingerprint density at radius 3 is 2.33 bits per heavy atom. The molecule has 0 saturated heterocycles. The number of methoxy groups -OCH3 is 1. The molecular formula is C34H27ClN2O4S2. The van der Waals surface area contributed by atoms with Crippen LogP contribution in [0.1, 0.15) is 37.1 Å². The zero-order valence-electron chi connectivity index (χ0n) is 23.3. The van der Waals surface area contributed by atoms with Crippen LogP contribution in [0.2, 0.25) is 5.02 Å². The quantitative estimate of drug-likeness (QED) is 0.126. The number of ether oxygens (including phenoxy) is 1. The van der Waals surface area contributed by atoms with E-state index in [-0.39, 0.29) is 11.8 Å². The summed E-state index contributed by atoms with van der Waals surface area (Å²) in [6.07, 6.45) is 0. The monoisotopic (exact) mass is 626 g/mol. The van der Waals surface area contributed by atoms with Gasteiger partial charge in [-0.15, -0.1) is 23.1 Å². The molecule has 5 aromatic rings. The molecule has 2 amide bonds. The van der Waals surface area contributed by atoms with Crippen LogP contribution in [0.5, 0.6) is 0 Å². The van der Waals surface area contributed by atoms with Gasteiger partial charge in [-0.1, -0.05) is 83.9 Å². The van der Waals surface area contributed by atoms with Crippen LogP contribution in [0.4, 0.5) is 10.7 Å². The minimum atomic E-state index is -0.657. The highest BCUT2D eigenvalue weighted by Gasteiger charge is 2.27. The lowest BCUT2D eigenvalue weighted by molar-refractivity contribution is -0.115. The number of aryl methyl sites for hydroxylation is 1. The second kappa shape index (κ2) is 13.7. The predicted octanol–water partition coefficient (Wildman–Crippen LogP) is 8.89. The van der Waals surface area contributed by atoms with Gasteiger partial charge in [-0.2, -0.15) is 0 Å². The van der Waals surface area contributed by atoms with Gasteiger partial charge in [-0.3, -0.25) is 9.59 Å². The molecular weight excluding hydrogens is 600 g/mol. The number of rotatable bonds is 9.